The Kier molecular flexibility index (Phi) is 3.79. The van der Waals surface area contributed by atoms with Gasteiger partial charge in [0.2, 0.25) is 0 Å². The fourth-order valence-corrected chi connectivity index (χ4v) is 2.18. The van der Waals surface area contributed by atoms with Crippen molar-refractivity contribution >= 4 is 16.9 Å². The van der Waals surface area contributed by atoms with Gasteiger partial charge in [0.05, 0.1) is 0 Å². The summed E-state index contributed by atoms with van der Waals surface area (Å²) in [5.41, 5.74) is 3.44. The quantitative estimate of drug-likeness (QED) is 0.878. The molecule has 0 atom stereocenters. The molecule has 5 nitrogen and oxygen atoms in total. The molecule has 1 heterocycles. The number of urea groups is 1. The molecule has 0 radical (unpaired) electrons. The van der Waals surface area contributed by atoms with Gasteiger partial charge in [0.25, 0.3) is 5.56 Å². The van der Waals surface area contributed by atoms with E-state index in [9.17, 15) is 9.59 Å². The zero-order valence-electron chi connectivity index (χ0n) is 12.2. The summed E-state index contributed by atoms with van der Waals surface area (Å²) in [6, 6.07) is 5.65. The highest BCUT2D eigenvalue weighted by Crippen LogP contribution is 2.18. The van der Waals surface area contributed by atoms with E-state index in [1.807, 2.05) is 26.0 Å². The van der Waals surface area contributed by atoms with Crippen molar-refractivity contribution in [1.29, 1.82) is 0 Å². The number of nitrogens with one attached hydrogen (secondary N) is 2. The van der Waals surface area contributed by atoms with E-state index in [1.165, 1.54) is 4.90 Å². The predicted molar refractivity (Wildman–Crippen MR) is 80.0 cm³/mol. The summed E-state index contributed by atoms with van der Waals surface area (Å²) >= 11 is 0. The molecular formula is C15H19N3O2. The normalized spacial score (nSPS) is 10.6. The Hall–Kier alpha value is -2.30. The van der Waals surface area contributed by atoms with E-state index in [-0.39, 0.29) is 18.1 Å². The topological polar surface area (TPSA) is 65.2 Å². The zero-order valence-corrected chi connectivity index (χ0v) is 12.2. The molecule has 106 valence electrons. The van der Waals surface area contributed by atoms with Crippen molar-refractivity contribution in [3.05, 3.63) is 45.2 Å². The van der Waals surface area contributed by atoms with Crippen LogP contribution in [0.2, 0.25) is 0 Å². The van der Waals surface area contributed by atoms with E-state index in [1.54, 1.807) is 14.1 Å². The van der Waals surface area contributed by atoms with Gasteiger partial charge in [0.1, 0.15) is 0 Å². The number of carbonyl (C=O) groups is 1. The molecule has 2 aromatic rings. The maximum Gasteiger partial charge on any atom is 0.317 e. The smallest absolute Gasteiger partial charge is 0.317 e. The molecule has 0 fully saturated rings. The van der Waals surface area contributed by atoms with Crippen LogP contribution in [0.1, 0.15) is 16.7 Å². The number of rotatable bonds is 2. The van der Waals surface area contributed by atoms with Crippen LogP contribution < -0.4 is 10.9 Å². The minimum absolute atomic E-state index is 0.165. The number of pyridine rings is 1. The number of carbonyl (C=O) groups excluding carboxylic acids is 1. The van der Waals surface area contributed by atoms with Crippen LogP contribution in [-0.4, -0.2) is 30.0 Å². The highest BCUT2D eigenvalue weighted by Gasteiger charge is 2.08. The minimum Gasteiger partial charge on any atom is -0.334 e. The lowest BCUT2D eigenvalue weighted by Crippen LogP contribution is -2.35. The number of fused-ring (bicyclic) bond motifs is 1. The number of benzene rings is 1. The summed E-state index contributed by atoms with van der Waals surface area (Å²) in [4.78, 5) is 27.8. The van der Waals surface area contributed by atoms with Crippen LogP contribution in [0.3, 0.4) is 0 Å². The summed E-state index contributed by atoms with van der Waals surface area (Å²) < 4.78 is 0. The molecule has 0 aliphatic carbocycles. The molecular weight excluding hydrogens is 254 g/mol. The first-order chi connectivity index (χ1) is 9.38. The fraction of sp³-hybridized carbons (Fsp3) is 0.333. The Morgan fingerprint density at radius 3 is 2.60 bits per heavy atom. The van der Waals surface area contributed by atoms with Gasteiger partial charge < -0.3 is 15.2 Å². The number of aromatic nitrogens is 1. The van der Waals surface area contributed by atoms with Gasteiger partial charge in [0, 0.05) is 37.1 Å². The van der Waals surface area contributed by atoms with Crippen molar-refractivity contribution in [1.82, 2.24) is 15.2 Å². The van der Waals surface area contributed by atoms with Gasteiger partial charge in [-0.25, -0.2) is 4.79 Å². The summed E-state index contributed by atoms with van der Waals surface area (Å²) in [6.45, 7) is 4.22. The minimum atomic E-state index is -0.217. The van der Waals surface area contributed by atoms with Crippen LogP contribution in [0.4, 0.5) is 4.79 Å². The lowest BCUT2D eigenvalue weighted by atomic mass is 10.0. The van der Waals surface area contributed by atoms with Crippen molar-refractivity contribution in [2.75, 3.05) is 14.1 Å². The maximum absolute atomic E-state index is 12.0. The van der Waals surface area contributed by atoms with Gasteiger partial charge in [-0.2, -0.15) is 0 Å². The SMILES string of the molecule is Cc1cc(C)c2cc(CNC(=O)N(C)C)c(=O)[nH]c2c1. The first-order valence-corrected chi connectivity index (χ1v) is 6.47. The van der Waals surface area contributed by atoms with Crippen molar-refractivity contribution in [2.24, 2.45) is 0 Å². The van der Waals surface area contributed by atoms with Crippen LogP contribution in [0.15, 0.2) is 23.0 Å². The number of nitrogens with zero attached hydrogens (tertiary/aromatic N) is 1. The van der Waals surface area contributed by atoms with Gasteiger partial charge in [-0.3, -0.25) is 4.79 Å². The van der Waals surface area contributed by atoms with Crippen LogP contribution in [0.25, 0.3) is 10.9 Å². The molecule has 0 spiro atoms. The molecule has 0 bridgehead atoms. The first kappa shape index (κ1) is 14.1. The zero-order chi connectivity index (χ0) is 14.9. The van der Waals surface area contributed by atoms with Gasteiger partial charge in [-0.05, 0) is 37.1 Å². The highest BCUT2D eigenvalue weighted by atomic mass is 16.2. The molecule has 0 aliphatic heterocycles. The molecule has 5 heteroatoms. The molecule has 2 N–H and O–H groups in total. The van der Waals surface area contributed by atoms with Crippen molar-refractivity contribution < 1.29 is 4.79 Å². The maximum atomic E-state index is 12.0. The van der Waals surface area contributed by atoms with Crippen molar-refractivity contribution in [3.63, 3.8) is 0 Å². The third-order valence-corrected chi connectivity index (χ3v) is 3.23. The van der Waals surface area contributed by atoms with E-state index >= 15 is 0 Å². The first-order valence-electron chi connectivity index (χ1n) is 6.47. The molecule has 20 heavy (non-hydrogen) atoms. The number of aryl methyl sites for hydroxylation is 2. The second kappa shape index (κ2) is 5.36. The third-order valence-electron chi connectivity index (χ3n) is 3.23. The van der Waals surface area contributed by atoms with E-state index in [0.29, 0.717) is 5.56 Å². The molecule has 2 amide bonds. The van der Waals surface area contributed by atoms with E-state index in [4.69, 9.17) is 0 Å². The van der Waals surface area contributed by atoms with Gasteiger partial charge in [-0.1, -0.05) is 6.07 Å². The van der Waals surface area contributed by atoms with Crippen molar-refractivity contribution in [2.45, 2.75) is 20.4 Å². The number of hydrogen-bond acceptors (Lipinski definition) is 2. The largest absolute Gasteiger partial charge is 0.334 e. The van der Waals surface area contributed by atoms with Crippen LogP contribution in [0, 0.1) is 13.8 Å². The number of amides is 2. The average molecular weight is 273 g/mol. The standard InChI is InChI=1S/C15H19N3O2/c1-9-5-10(2)12-7-11(8-16-15(20)18(3)4)14(19)17-13(12)6-9/h5-7H,8H2,1-4H3,(H,16,20)(H,17,19). The second-order valence-electron chi connectivity index (χ2n) is 5.22. The van der Waals surface area contributed by atoms with Crippen LogP contribution in [0.5, 0.6) is 0 Å². The van der Waals surface area contributed by atoms with Crippen LogP contribution in [-0.2, 0) is 6.54 Å². The summed E-state index contributed by atoms with van der Waals surface area (Å²) in [5, 5.41) is 3.71. The molecule has 0 unspecified atom stereocenters. The number of H-pyrrole nitrogens is 1. The number of aromatic amines is 1. The molecule has 0 saturated heterocycles. The average Bonchev–Trinajstić information content (AvgIpc) is 2.35. The lowest BCUT2D eigenvalue weighted by Gasteiger charge is -2.12. The molecule has 1 aromatic heterocycles. The Bertz CT molecular complexity index is 717. The van der Waals surface area contributed by atoms with Crippen molar-refractivity contribution in [3.8, 4) is 0 Å². The van der Waals surface area contributed by atoms with Crippen LogP contribution >= 0.6 is 0 Å². The van der Waals surface area contributed by atoms with E-state index in [0.717, 1.165) is 22.0 Å². The Morgan fingerprint density at radius 2 is 1.95 bits per heavy atom. The monoisotopic (exact) mass is 273 g/mol. The summed E-state index contributed by atoms with van der Waals surface area (Å²) in [7, 11) is 3.32. The van der Waals surface area contributed by atoms with E-state index < -0.39 is 0 Å². The fourth-order valence-electron chi connectivity index (χ4n) is 2.18. The van der Waals surface area contributed by atoms with Gasteiger partial charge >= 0.3 is 6.03 Å². The third kappa shape index (κ3) is 2.82. The number of hydrogen-bond donors (Lipinski definition) is 2. The summed E-state index contributed by atoms with van der Waals surface area (Å²) in [6.07, 6.45) is 0. The van der Waals surface area contributed by atoms with E-state index in [2.05, 4.69) is 16.4 Å². The Morgan fingerprint density at radius 1 is 1.25 bits per heavy atom. The molecule has 2 rings (SSSR count). The molecule has 0 saturated carbocycles. The Labute approximate surface area is 117 Å². The Balaban J connectivity index is 2.38. The molecule has 0 aliphatic rings. The molecule has 1 aromatic carbocycles. The predicted octanol–water partition coefficient (Wildman–Crippen LogP) is 1.92. The lowest BCUT2D eigenvalue weighted by molar-refractivity contribution is 0.217. The van der Waals surface area contributed by atoms with Gasteiger partial charge in [0.15, 0.2) is 0 Å². The second-order valence-corrected chi connectivity index (χ2v) is 5.22. The van der Waals surface area contributed by atoms with Gasteiger partial charge in [-0.15, -0.1) is 0 Å². The highest BCUT2D eigenvalue weighted by molar-refractivity contribution is 5.83. The summed E-state index contributed by atoms with van der Waals surface area (Å²) in [5.74, 6) is 0.